The van der Waals surface area contributed by atoms with E-state index in [0.717, 1.165) is 16.5 Å². The van der Waals surface area contributed by atoms with Gasteiger partial charge in [-0.15, -0.1) is 11.8 Å². The number of nitrogens with zero attached hydrogens (tertiary/aromatic N) is 1. The molecule has 0 aliphatic carbocycles. The molecule has 0 saturated carbocycles. The summed E-state index contributed by atoms with van der Waals surface area (Å²) in [5, 5.41) is 12.6. The van der Waals surface area contributed by atoms with Crippen molar-refractivity contribution < 1.29 is 9.21 Å². The second kappa shape index (κ2) is 7.71. The Morgan fingerprint density at radius 2 is 1.92 bits per heavy atom. The van der Waals surface area contributed by atoms with E-state index in [-0.39, 0.29) is 17.7 Å². The summed E-state index contributed by atoms with van der Waals surface area (Å²) in [6.07, 6.45) is 0. The normalized spacial score (nSPS) is 11.8. The van der Waals surface area contributed by atoms with Crippen LogP contribution in [0.1, 0.15) is 17.4 Å². The molecule has 0 fully saturated rings. The van der Waals surface area contributed by atoms with E-state index in [0.29, 0.717) is 11.5 Å². The maximum atomic E-state index is 12.2. The van der Waals surface area contributed by atoms with Crippen molar-refractivity contribution in [2.24, 2.45) is 0 Å². The molecule has 2 aromatic carbocycles. The largest absolute Gasteiger partial charge is 0.459 e. The van der Waals surface area contributed by atoms with Crippen LogP contribution in [-0.2, 0) is 4.79 Å². The molecule has 3 rings (SSSR count). The lowest BCUT2D eigenvalue weighted by Gasteiger charge is -2.17. The second-order valence-electron chi connectivity index (χ2n) is 5.25. The lowest BCUT2D eigenvalue weighted by molar-refractivity contribution is -0.119. The zero-order chi connectivity index (χ0) is 16.8. The minimum absolute atomic E-state index is 0.121. The Hall–Kier alpha value is -2.71. The molecule has 4 nitrogen and oxygen atoms in total. The summed E-state index contributed by atoms with van der Waals surface area (Å²) in [6.45, 7) is 0. The summed E-state index contributed by atoms with van der Waals surface area (Å²) in [4.78, 5) is 12.2. The Morgan fingerprint density at radius 1 is 1.17 bits per heavy atom. The second-order valence-corrected chi connectivity index (χ2v) is 6.23. The molecule has 0 spiro atoms. The minimum atomic E-state index is -0.353. The van der Waals surface area contributed by atoms with Gasteiger partial charge >= 0.3 is 0 Å². The van der Waals surface area contributed by atoms with Gasteiger partial charge in [-0.25, -0.2) is 0 Å². The first kappa shape index (κ1) is 16.2. The molecule has 1 atom stereocenters. The van der Waals surface area contributed by atoms with Gasteiger partial charge in [0.05, 0.1) is 17.6 Å². The SMILES string of the molecule is N#CCSCC(=O)N[C@@H](c1ccccc1)c1cc2ccccc2o1. The van der Waals surface area contributed by atoms with Gasteiger partial charge < -0.3 is 9.73 Å². The molecular weight excluding hydrogens is 320 g/mol. The Kier molecular flexibility index (Phi) is 5.19. The van der Waals surface area contributed by atoms with Crippen molar-refractivity contribution in [3.63, 3.8) is 0 Å². The number of thioether (sulfide) groups is 1. The molecule has 1 amide bonds. The van der Waals surface area contributed by atoms with Crippen molar-refractivity contribution in [1.29, 1.82) is 5.26 Å². The highest BCUT2D eigenvalue weighted by atomic mass is 32.2. The quantitative estimate of drug-likeness (QED) is 0.693. The Bertz CT molecular complexity index is 835. The van der Waals surface area contributed by atoms with Crippen molar-refractivity contribution in [3.8, 4) is 6.07 Å². The molecule has 1 aromatic heterocycles. The van der Waals surface area contributed by atoms with Gasteiger partial charge in [0, 0.05) is 5.39 Å². The van der Waals surface area contributed by atoms with E-state index in [2.05, 4.69) is 5.32 Å². The smallest absolute Gasteiger partial charge is 0.230 e. The van der Waals surface area contributed by atoms with Crippen molar-refractivity contribution in [2.75, 3.05) is 11.5 Å². The summed E-state index contributed by atoms with van der Waals surface area (Å²) in [5.74, 6) is 1.12. The zero-order valence-electron chi connectivity index (χ0n) is 12.9. The summed E-state index contributed by atoms with van der Waals surface area (Å²) >= 11 is 1.29. The number of para-hydroxylation sites is 1. The van der Waals surface area contributed by atoms with Crippen molar-refractivity contribution in [3.05, 3.63) is 72.0 Å². The Morgan fingerprint density at radius 3 is 2.67 bits per heavy atom. The average molecular weight is 336 g/mol. The molecule has 24 heavy (non-hydrogen) atoms. The summed E-state index contributed by atoms with van der Waals surface area (Å²) in [7, 11) is 0. The Balaban J connectivity index is 1.88. The highest BCUT2D eigenvalue weighted by molar-refractivity contribution is 8.00. The predicted octanol–water partition coefficient (Wildman–Crippen LogP) is 3.90. The van der Waals surface area contributed by atoms with Crippen LogP contribution in [0, 0.1) is 11.3 Å². The number of furan rings is 1. The van der Waals surface area contributed by atoms with Crippen LogP contribution in [0.5, 0.6) is 0 Å². The molecule has 3 aromatic rings. The number of amides is 1. The molecule has 1 heterocycles. The first-order chi connectivity index (χ1) is 11.8. The number of benzene rings is 2. The van der Waals surface area contributed by atoms with Crippen molar-refractivity contribution >= 4 is 28.6 Å². The topological polar surface area (TPSA) is 66.0 Å². The van der Waals surface area contributed by atoms with E-state index in [1.54, 1.807) is 0 Å². The van der Waals surface area contributed by atoms with E-state index in [4.69, 9.17) is 9.68 Å². The number of carbonyl (C=O) groups is 1. The molecule has 0 bridgehead atoms. The zero-order valence-corrected chi connectivity index (χ0v) is 13.8. The number of fused-ring (bicyclic) bond motifs is 1. The predicted molar refractivity (Wildman–Crippen MR) is 95.6 cm³/mol. The van der Waals surface area contributed by atoms with Gasteiger partial charge in [0.25, 0.3) is 0 Å². The highest BCUT2D eigenvalue weighted by Crippen LogP contribution is 2.28. The van der Waals surface area contributed by atoms with Crippen LogP contribution in [0.25, 0.3) is 11.0 Å². The van der Waals surface area contributed by atoms with Gasteiger partial charge in [0.15, 0.2) is 0 Å². The van der Waals surface area contributed by atoms with Crippen LogP contribution in [0.4, 0.5) is 0 Å². The maximum Gasteiger partial charge on any atom is 0.230 e. The number of carbonyl (C=O) groups excluding carboxylic acids is 1. The molecule has 0 aliphatic rings. The van der Waals surface area contributed by atoms with Crippen LogP contribution in [-0.4, -0.2) is 17.4 Å². The first-order valence-corrected chi connectivity index (χ1v) is 8.71. The van der Waals surface area contributed by atoms with Gasteiger partial charge in [-0.3, -0.25) is 4.79 Å². The third-order valence-corrected chi connectivity index (χ3v) is 4.37. The average Bonchev–Trinajstić information content (AvgIpc) is 3.04. The fourth-order valence-electron chi connectivity index (χ4n) is 2.50. The fourth-order valence-corrected chi connectivity index (χ4v) is 2.96. The third-order valence-electron chi connectivity index (χ3n) is 3.57. The van der Waals surface area contributed by atoms with Gasteiger partial charge in [0.1, 0.15) is 17.4 Å². The maximum absolute atomic E-state index is 12.2. The summed E-state index contributed by atoms with van der Waals surface area (Å²) < 4.78 is 5.94. The van der Waals surface area contributed by atoms with E-state index >= 15 is 0 Å². The first-order valence-electron chi connectivity index (χ1n) is 7.55. The lowest BCUT2D eigenvalue weighted by Crippen LogP contribution is -2.30. The summed E-state index contributed by atoms with van der Waals surface area (Å²) in [6, 6.07) is 21.1. The van der Waals surface area contributed by atoms with Crippen LogP contribution >= 0.6 is 11.8 Å². The van der Waals surface area contributed by atoms with Crippen molar-refractivity contribution in [1.82, 2.24) is 5.32 Å². The van der Waals surface area contributed by atoms with Gasteiger partial charge in [-0.1, -0.05) is 48.5 Å². The van der Waals surface area contributed by atoms with Crippen LogP contribution in [0.15, 0.2) is 65.1 Å². The molecule has 0 unspecified atom stereocenters. The number of hydrogen-bond donors (Lipinski definition) is 1. The third kappa shape index (κ3) is 3.79. The Labute approximate surface area is 144 Å². The molecular formula is C19H16N2O2S. The van der Waals surface area contributed by atoms with E-state index < -0.39 is 0 Å². The monoisotopic (exact) mass is 336 g/mol. The number of rotatable bonds is 6. The van der Waals surface area contributed by atoms with Gasteiger partial charge in [-0.2, -0.15) is 5.26 Å². The van der Waals surface area contributed by atoms with Crippen LogP contribution < -0.4 is 5.32 Å². The van der Waals surface area contributed by atoms with E-state index in [9.17, 15) is 4.79 Å². The number of hydrogen-bond acceptors (Lipinski definition) is 4. The van der Waals surface area contributed by atoms with Gasteiger partial charge in [-0.05, 0) is 17.7 Å². The number of nitrogens with one attached hydrogen (secondary N) is 1. The van der Waals surface area contributed by atoms with E-state index in [1.807, 2.05) is 66.7 Å². The fraction of sp³-hybridized carbons (Fsp3) is 0.158. The molecule has 5 heteroatoms. The van der Waals surface area contributed by atoms with Gasteiger partial charge in [0.2, 0.25) is 5.91 Å². The van der Waals surface area contributed by atoms with Crippen molar-refractivity contribution in [2.45, 2.75) is 6.04 Å². The molecule has 0 saturated heterocycles. The summed E-state index contributed by atoms with van der Waals surface area (Å²) in [5.41, 5.74) is 1.75. The van der Waals surface area contributed by atoms with Crippen LogP contribution in [0.2, 0.25) is 0 Å². The molecule has 120 valence electrons. The standard InChI is InChI=1S/C19H16N2O2S/c20-10-11-24-13-18(22)21-19(14-6-2-1-3-7-14)17-12-15-8-4-5-9-16(15)23-17/h1-9,12,19H,11,13H2,(H,21,22)/t19-/m0/s1. The molecule has 1 N–H and O–H groups in total. The molecule has 0 aliphatic heterocycles. The van der Waals surface area contributed by atoms with E-state index in [1.165, 1.54) is 11.8 Å². The molecule has 0 radical (unpaired) electrons. The number of nitriles is 1. The lowest BCUT2D eigenvalue weighted by atomic mass is 10.0. The minimum Gasteiger partial charge on any atom is -0.459 e. The highest BCUT2D eigenvalue weighted by Gasteiger charge is 2.20. The van der Waals surface area contributed by atoms with Crippen LogP contribution in [0.3, 0.4) is 0 Å².